The molecule has 0 fully saturated rings. The van der Waals surface area contributed by atoms with E-state index in [9.17, 15) is 14.4 Å². The maximum atomic E-state index is 12.4. The van der Waals surface area contributed by atoms with Gasteiger partial charge in [0.15, 0.2) is 0 Å². The van der Waals surface area contributed by atoms with Crippen molar-refractivity contribution in [2.45, 2.75) is 26.3 Å². The van der Waals surface area contributed by atoms with Crippen LogP contribution in [0.25, 0.3) is 0 Å². The number of rotatable bonds is 6. The van der Waals surface area contributed by atoms with Crippen LogP contribution in [0, 0.1) is 0 Å². The molecule has 0 atom stereocenters. The van der Waals surface area contributed by atoms with Crippen molar-refractivity contribution in [3.8, 4) is 0 Å². The first kappa shape index (κ1) is 16.7. The Morgan fingerprint density at radius 3 is 2.57 bits per heavy atom. The summed E-state index contributed by atoms with van der Waals surface area (Å²) in [6.45, 7) is 1.90. The molecule has 7 nitrogen and oxygen atoms in total. The van der Waals surface area contributed by atoms with Gasteiger partial charge in [-0.25, -0.2) is 5.01 Å². The fourth-order valence-electron chi connectivity index (χ4n) is 2.31. The predicted octanol–water partition coefficient (Wildman–Crippen LogP) is 1.10. The lowest BCUT2D eigenvalue weighted by Gasteiger charge is -2.26. The van der Waals surface area contributed by atoms with Crippen molar-refractivity contribution < 1.29 is 19.5 Å². The summed E-state index contributed by atoms with van der Waals surface area (Å²) in [4.78, 5) is 36.4. The first-order chi connectivity index (χ1) is 11.0. The number of hydrogen-bond donors (Lipinski definition) is 1. The van der Waals surface area contributed by atoms with Crippen LogP contribution < -0.4 is 0 Å². The molecule has 0 saturated carbocycles. The second-order valence-electron chi connectivity index (χ2n) is 5.20. The third kappa shape index (κ3) is 4.38. The standard InChI is InChI=1S/C16H19N3O4/c1-2-18(11-15(21)22)16(23)13-8-9-14(20)19(17-13)10-12-6-4-3-5-7-12/h3-7H,2,8-11H2,1H3,(H,21,22). The van der Waals surface area contributed by atoms with E-state index in [0.717, 1.165) is 5.56 Å². The first-order valence-electron chi connectivity index (χ1n) is 7.44. The SMILES string of the molecule is CCN(CC(=O)O)C(=O)C1=NN(Cc2ccccc2)C(=O)CC1. The third-order valence-corrected chi connectivity index (χ3v) is 3.52. The number of carboxylic acids is 1. The van der Waals surface area contributed by atoms with Gasteiger partial charge < -0.3 is 10.0 Å². The highest BCUT2D eigenvalue weighted by atomic mass is 16.4. The van der Waals surface area contributed by atoms with Crippen molar-refractivity contribution in [1.82, 2.24) is 9.91 Å². The first-order valence-corrected chi connectivity index (χ1v) is 7.44. The summed E-state index contributed by atoms with van der Waals surface area (Å²) in [6, 6.07) is 9.37. The average Bonchev–Trinajstić information content (AvgIpc) is 2.55. The number of hydrogen-bond acceptors (Lipinski definition) is 4. The quantitative estimate of drug-likeness (QED) is 0.850. The molecule has 2 rings (SSSR count). The number of likely N-dealkylation sites (N-methyl/N-ethyl adjacent to an activating group) is 1. The predicted molar refractivity (Wildman–Crippen MR) is 83.6 cm³/mol. The fourth-order valence-corrected chi connectivity index (χ4v) is 2.31. The minimum atomic E-state index is -1.08. The van der Waals surface area contributed by atoms with E-state index in [1.54, 1.807) is 6.92 Å². The Hall–Kier alpha value is -2.70. The molecule has 7 heteroatoms. The number of carbonyl (C=O) groups is 3. The van der Waals surface area contributed by atoms with Gasteiger partial charge in [-0.15, -0.1) is 0 Å². The van der Waals surface area contributed by atoms with Gasteiger partial charge in [0.2, 0.25) is 5.91 Å². The zero-order chi connectivity index (χ0) is 16.8. The van der Waals surface area contributed by atoms with E-state index in [4.69, 9.17) is 5.11 Å². The van der Waals surface area contributed by atoms with Crippen LogP contribution in [-0.4, -0.2) is 51.6 Å². The number of amides is 2. The van der Waals surface area contributed by atoms with Crippen molar-refractivity contribution in [3.63, 3.8) is 0 Å². The van der Waals surface area contributed by atoms with Crippen LogP contribution in [-0.2, 0) is 20.9 Å². The Labute approximate surface area is 134 Å². The molecule has 2 amide bonds. The van der Waals surface area contributed by atoms with Crippen molar-refractivity contribution in [3.05, 3.63) is 35.9 Å². The molecule has 1 aliphatic heterocycles. The summed E-state index contributed by atoms with van der Waals surface area (Å²) < 4.78 is 0. The highest BCUT2D eigenvalue weighted by Crippen LogP contribution is 2.14. The van der Waals surface area contributed by atoms with E-state index in [1.807, 2.05) is 30.3 Å². The average molecular weight is 317 g/mol. The second-order valence-corrected chi connectivity index (χ2v) is 5.20. The Morgan fingerprint density at radius 1 is 1.26 bits per heavy atom. The molecule has 1 aliphatic rings. The van der Waals surface area contributed by atoms with E-state index in [-0.39, 0.29) is 37.6 Å². The maximum Gasteiger partial charge on any atom is 0.323 e. The number of hydrazone groups is 1. The molecule has 1 heterocycles. The molecule has 0 unspecified atom stereocenters. The van der Waals surface area contributed by atoms with Gasteiger partial charge in [0, 0.05) is 19.4 Å². The van der Waals surface area contributed by atoms with Crippen LogP contribution >= 0.6 is 0 Å². The van der Waals surface area contributed by atoms with Crippen LogP contribution in [0.5, 0.6) is 0 Å². The summed E-state index contributed by atoms with van der Waals surface area (Å²) in [5.41, 5.74) is 1.14. The summed E-state index contributed by atoms with van der Waals surface area (Å²) in [5, 5.41) is 14.3. The molecule has 122 valence electrons. The minimum absolute atomic E-state index is 0.147. The lowest BCUT2D eigenvalue weighted by atomic mass is 10.1. The Balaban J connectivity index is 2.15. The van der Waals surface area contributed by atoms with Crippen molar-refractivity contribution in [1.29, 1.82) is 0 Å². The fraction of sp³-hybridized carbons (Fsp3) is 0.375. The van der Waals surface area contributed by atoms with Crippen LogP contribution in [0.4, 0.5) is 0 Å². The summed E-state index contributed by atoms with van der Waals surface area (Å²) in [5.74, 6) is -1.65. The zero-order valence-electron chi connectivity index (χ0n) is 12.9. The molecule has 0 bridgehead atoms. The van der Waals surface area contributed by atoms with E-state index < -0.39 is 11.9 Å². The molecule has 1 aromatic rings. The smallest absolute Gasteiger partial charge is 0.323 e. The van der Waals surface area contributed by atoms with E-state index in [0.29, 0.717) is 6.54 Å². The van der Waals surface area contributed by atoms with Gasteiger partial charge in [0.25, 0.3) is 5.91 Å². The Bertz CT molecular complexity index is 627. The highest BCUT2D eigenvalue weighted by molar-refractivity contribution is 6.39. The van der Waals surface area contributed by atoms with E-state index in [1.165, 1.54) is 9.91 Å². The molecule has 0 aromatic heterocycles. The van der Waals surface area contributed by atoms with E-state index >= 15 is 0 Å². The molecule has 23 heavy (non-hydrogen) atoms. The molecule has 0 radical (unpaired) electrons. The number of carbonyl (C=O) groups excluding carboxylic acids is 2. The molecule has 1 N–H and O–H groups in total. The normalized spacial score (nSPS) is 14.4. The highest BCUT2D eigenvalue weighted by Gasteiger charge is 2.27. The van der Waals surface area contributed by atoms with Gasteiger partial charge in [-0.05, 0) is 12.5 Å². The van der Waals surface area contributed by atoms with E-state index in [2.05, 4.69) is 5.10 Å². The lowest BCUT2D eigenvalue weighted by Crippen LogP contribution is -2.43. The van der Waals surface area contributed by atoms with Gasteiger partial charge in [-0.3, -0.25) is 14.4 Å². The minimum Gasteiger partial charge on any atom is -0.480 e. The zero-order valence-corrected chi connectivity index (χ0v) is 12.9. The lowest BCUT2D eigenvalue weighted by molar-refractivity contribution is -0.142. The van der Waals surface area contributed by atoms with Gasteiger partial charge in [-0.1, -0.05) is 30.3 Å². The van der Waals surface area contributed by atoms with Crippen LogP contribution in [0.3, 0.4) is 0 Å². The van der Waals surface area contributed by atoms with Gasteiger partial charge in [0.1, 0.15) is 12.3 Å². The summed E-state index contributed by atoms with van der Waals surface area (Å²) >= 11 is 0. The molecule has 0 saturated heterocycles. The number of aliphatic carboxylic acids is 1. The Morgan fingerprint density at radius 2 is 1.96 bits per heavy atom. The molecule has 0 aliphatic carbocycles. The topological polar surface area (TPSA) is 90.3 Å². The molecular weight excluding hydrogens is 298 g/mol. The number of carboxylic acid groups (broad SMARTS) is 1. The Kier molecular flexibility index (Phi) is 5.46. The van der Waals surface area contributed by atoms with Gasteiger partial charge >= 0.3 is 5.97 Å². The monoisotopic (exact) mass is 317 g/mol. The molecule has 1 aromatic carbocycles. The van der Waals surface area contributed by atoms with Crippen molar-refractivity contribution in [2.24, 2.45) is 5.10 Å². The summed E-state index contributed by atoms with van der Waals surface area (Å²) in [6.07, 6.45) is 0.432. The maximum absolute atomic E-state index is 12.4. The van der Waals surface area contributed by atoms with Gasteiger partial charge in [-0.2, -0.15) is 5.10 Å². The number of benzene rings is 1. The number of nitrogens with zero attached hydrogens (tertiary/aromatic N) is 3. The van der Waals surface area contributed by atoms with Crippen LogP contribution in [0.1, 0.15) is 25.3 Å². The summed E-state index contributed by atoms with van der Waals surface area (Å²) in [7, 11) is 0. The van der Waals surface area contributed by atoms with Crippen LogP contribution in [0.15, 0.2) is 35.4 Å². The van der Waals surface area contributed by atoms with Gasteiger partial charge in [0.05, 0.1) is 6.54 Å². The van der Waals surface area contributed by atoms with Crippen molar-refractivity contribution in [2.75, 3.05) is 13.1 Å². The van der Waals surface area contributed by atoms with Crippen LogP contribution in [0.2, 0.25) is 0 Å². The second kappa shape index (κ2) is 7.53. The third-order valence-electron chi connectivity index (χ3n) is 3.52. The molecule has 0 spiro atoms. The van der Waals surface area contributed by atoms with Crippen molar-refractivity contribution >= 4 is 23.5 Å². The largest absolute Gasteiger partial charge is 0.480 e. The molecular formula is C16H19N3O4.